The lowest BCUT2D eigenvalue weighted by Gasteiger charge is -2.31. The van der Waals surface area contributed by atoms with Gasteiger partial charge in [-0.15, -0.1) is 11.8 Å². The third-order valence-electron chi connectivity index (χ3n) is 10.3. The fraction of sp³-hybridized carbons (Fsp3) is 0.256. The van der Waals surface area contributed by atoms with Gasteiger partial charge < -0.3 is 19.8 Å². The fourth-order valence-electron chi connectivity index (χ4n) is 7.54. The Hall–Kier alpha value is -5.45. The minimum absolute atomic E-state index is 0.0795. The number of likely N-dealkylation sites (tertiary alicyclic amines) is 1. The Morgan fingerprint density at radius 1 is 0.736 bits per heavy atom. The maximum atomic E-state index is 13.9. The summed E-state index contributed by atoms with van der Waals surface area (Å²) < 4.78 is 0. The number of benzene rings is 4. The molecule has 4 aromatic carbocycles. The summed E-state index contributed by atoms with van der Waals surface area (Å²) in [5, 5.41) is -0.113. The minimum atomic E-state index is -0.339. The highest BCUT2D eigenvalue weighted by Gasteiger charge is 2.37. The lowest BCUT2D eigenvalue weighted by atomic mass is 10.0. The highest BCUT2D eigenvalue weighted by Crippen LogP contribution is 2.38. The second kappa shape index (κ2) is 15.3. The van der Waals surface area contributed by atoms with E-state index in [-0.39, 0.29) is 29.3 Å². The van der Waals surface area contributed by atoms with Crippen molar-refractivity contribution in [2.24, 2.45) is 0 Å². The Bertz CT molecular complexity index is 2160. The molecule has 2 saturated heterocycles. The van der Waals surface area contributed by atoms with Crippen LogP contribution in [0.5, 0.6) is 0 Å². The van der Waals surface area contributed by atoms with E-state index < -0.39 is 0 Å². The molecular formula is C43H43N7O2S. The van der Waals surface area contributed by atoms with Crippen molar-refractivity contribution in [3.05, 3.63) is 144 Å². The number of hydrogen-bond donors (Lipinski definition) is 2. The Balaban J connectivity index is 0.921. The predicted molar refractivity (Wildman–Crippen MR) is 211 cm³/mol. The van der Waals surface area contributed by atoms with Crippen molar-refractivity contribution >= 4 is 23.6 Å². The number of nitrogens with one attached hydrogen (secondary N) is 2. The number of rotatable bonds is 10. The van der Waals surface area contributed by atoms with Crippen molar-refractivity contribution in [1.82, 2.24) is 34.6 Å². The molecule has 9 nitrogen and oxygen atoms in total. The first-order valence-corrected chi connectivity index (χ1v) is 19.3. The number of carbonyl (C=O) groups is 2. The van der Waals surface area contributed by atoms with Crippen LogP contribution in [-0.2, 0) is 16.0 Å². The summed E-state index contributed by atoms with van der Waals surface area (Å²) in [7, 11) is 3.92. The van der Waals surface area contributed by atoms with Crippen molar-refractivity contribution in [2.45, 2.75) is 36.7 Å². The maximum absolute atomic E-state index is 13.9. The summed E-state index contributed by atoms with van der Waals surface area (Å²) in [6, 6.07) is 36.4. The van der Waals surface area contributed by atoms with Gasteiger partial charge in [-0.2, -0.15) is 0 Å². The molecule has 2 aromatic heterocycles. The molecule has 0 bridgehead atoms. The standard InChI is InChI=1S/C43H43N7O2S/c1-48(2)39(34-12-7-4-8-13-34)42(52)49-23-9-14-37(49)40-44-27-35(46-40)32-19-15-30(16-20-32)31-17-21-33(22-18-31)36-28-45-41(47-36)43-50(24-25-53-43)38(51)26-29-10-5-3-6-11-29/h3-8,10-13,15-22,27-28,37,39,43H,9,14,23-26H2,1-2H3,(H,44,46)(H,45,47)/t37-,39+,43-/m0/s1. The summed E-state index contributed by atoms with van der Waals surface area (Å²) in [5.74, 6) is 2.76. The monoisotopic (exact) mass is 721 g/mol. The molecule has 6 aromatic rings. The summed E-state index contributed by atoms with van der Waals surface area (Å²) in [6.07, 6.45) is 5.97. The molecule has 0 spiro atoms. The average molecular weight is 722 g/mol. The van der Waals surface area contributed by atoms with Crippen LogP contribution in [0.25, 0.3) is 33.6 Å². The first-order valence-electron chi connectivity index (χ1n) is 18.2. The van der Waals surface area contributed by atoms with E-state index in [4.69, 9.17) is 9.97 Å². The molecule has 3 atom stereocenters. The zero-order valence-corrected chi connectivity index (χ0v) is 30.8. The molecule has 268 valence electrons. The quantitative estimate of drug-likeness (QED) is 0.149. The summed E-state index contributed by atoms with van der Waals surface area (Å²) in [4.78, 5) is 49.5. The molecule has 2 aliphatic rings. The zero-order chi connectivity index (χ0) is 36.3. The van der Waals surface area contributed by atoms with Gasteiger partial charge in [0.15, 0.2) is 0 Å². The van der Waals surface area contributed by atoms with Gasteiger partial charge in [-0.05, 0) is 60.3 Å². The molecule has 53 heavy (non-hydrogen) atoms. The second-order valence-corrected chi connectivity index (χ2v) is 15.1. The Morgan fingerprint density at radius 2 is 1.30 bits per heavy atom. The number of H-pyrrole nitrogens is 2. The van der Waals surface area contributed by atoms with Crippen molar-refractivity contribution in [3.8, 4) is 33.6 Å². The van der Waals surface area contributed by atoms with Gasteiger partial charge in [-0.1, -0.05) is 109 Å². The smallest absolute Gasteiger partial charge is 0.245 e. The van der Waals surface area contributed by atoms with Gasteiger partial charge in [0.05, 0.1) is 36.2 Å². The number of imidazole rings is 2. The molecule has 0 saturated carbocycles. The number of aromatic amines is 2. The minimum Gasteiger partial charge on any atom is -0.340 e. The number of aromatic nitrogens is 4. The summed E-state index contributed by atoms with van der Waals surface area (Å²) in [5.41, 5.74) is 8.20. The third kappa shape index (κ3) is 7.29. The van der Waals surface area contributed by atoms with Gasteiger partial charge in [-0.25, -0.2) is 9.97 Å². The van der Waals surface area contributed by atoms with Crippen LogP contribution in [0.15, 0.2) is 122 Å². The maximum Gasteiger partial charge on any atom is 0.245 e. The van der Waals surface area contributed by atoms with E-state index in [1.807, 2.05) is 102 Å². The molecule has 0 unspecified atom stereocenters. The van der Waals surface area contributed by atoms with Crippen LogP contribution < -0.4 is 0 Å². The zero-order valence-electron chi connectivity index (χ0n) is 30.0. The van der Waals surface area contributed by atoms with Crippen LogP contribution in [-0.4, -0.2) is 79.4 Å². The Morgan fingerprint density at radius 3 is 1.92 bits per heavy atom. The number of hydrogen-bond acceptors (Lipinski definition) is 6. The van der Waals surface area contributed by atoms with Gasteiger partial charge in [0.2, 0.25) is 11.8 Å². The van der Waals surface area contributed by atoms with Crippen molar-refractivity contribution < 1.29 is 9.59 Å². The molecular weight excluding hydrogens is 679 g/mol. The molecule has 4 heterocycles. The number of thioether (sulfide) groups is 1. The summed E-state index contributed by atoms with van der Waals surface area (Å²) in [6.45, 7) is 1.44. The highest BCUT2D eigenvalue weighted by molar-refractivity contribution is 7.99. The lowest BCUT2D eigenvalue weighted by molar-refractivity contribution is -0.137. The van der Waals surface area contributed by atoms with Gasteiger partial charge in [0.25, 0.3) is 0 Å². The third-order valence-corrected chi connectivity index (χ3v) is 11.5. The average Bonchev–Trinajstić information content (AvgIpc) is 4.03. The SMILES string of the molecule is CN(C)[C@@H](C(=O)N1CCC[C@H]1c1ncc(-c2ccc(-c3ccc(-c4cnc([C@@H]5SCCN5C(=O)Cc5ccccc5)[nH]4)cc3)cc2)[nH]1)c1ccccc1. The molecule has 2 amide bonds. The van der Waals surface area contributed by atoms with E-state index in [0.717, 1.165) is 88.1 Å². The van der Waals surface area contributed by atoms with Crippen LogP contribution in [0, 0.1) is 0 Å². The number of amides is 2. The van der Waals surface area contributed by atoms with E-state index >= 15 is 0 Å². The molecule has 10 heteroatoms. The largest absolute Gasteiger partial charge is 0.340 e. The number of likely N-dealkylation sites (N-methyl/N-ethyl adjacent to an activating group) is 1. The van der Waals surface area contributed by atoms with Crippen LogP contribution in [0.4, 0.5) is 0 Å². The van der Waals surface area contributed by atoms with Crippen LogP contribution in [0.1, 0.15) is 53.1 Å². The molecule has 0 aliphatic carbocycles. The molecule has 0 radical (unpaired) electrons. The molecule has 2 N–H and O–H groups in total. The highest BCUT2D eigenvalue weighted by atomic mass is 32.2. The van der Waals surface area contributed by atoms with Crippen LogP contribution in [0.2, 0.25) is 0 Å². The van der Waals surface area contributed by atoms with Crippen molar-refractivity contribution in [1.29, 1.82) is 0 Å². The fourth-order valence-corrected chi connectivity index (χ4v) is 8.74. The van der Waals surface area contributed by atoms with E-state index in [0.29, 0.717) is 6.42 Å². The molecule has 2 aliphatic heterocycles. The van der Waals surface area contributed by atoms with Gasteiger partial charge in [0, 0.05) is 18.8 Å². The molecule has 8 rings (SSSR count). The van der Waals surface area contributed by atoms with Crippen molar-refractivity contribution in [2.75, 3.05) is 32.9 Å². The van der Waals surface area contributed by atoms with E-state index in [1.165, 1.54) is 0 Å². The first-order chi connectivity index (χ1) is 25.9. The van der Waals surface area contributed by atoms with Gasteiger partial charge in [0.1, 0.15) is 23.1 Å². The molecule has 2 fully saturated rings. The second-order valence-electron chi connectivity index (χ2n) is 14.0. The number of carbonyl (C=O) groups excluding carboxylic acids is 2. The van der Waals surface area contributed by atoms with Gasteiger partial charge >= 0.3 is 0 Å². The Labute approximate surface area is 314 Å². The van der Waals surface area contributed by atoms with Crippen LogP contribution >= 0.6 is 11.8 Å². The number of nitrogens with zero attached hydrogens (tertiary/aromatic N) is 5. The van der Waals surface area contributed by atoms with Crippen LogP contribution in [0.3, 0.4) is 0 Å². The predicted octanol–water partition coefficient (Wildman–Crippen LogP) is 7.92. The van der Waals surface area contributed by atoms with Crippen molar-refractivity contribution in [3.63, 3.8) is 0 Å². The van der Waals surface area contributed by atoms with Gasteiger partial charge in [-0.3, -0.25) is 14.5 Å². The lowest BCUT2D eigenvalue weighted by Crippen LogP contribution is -2.40. The topological polar surface area (TPSA) is 101 Å². The Kier molecular flexibility index (Phi) is 9.97. The first kappa shape index (κ1) is 34.6. The van der Waals surface area contributed by atoms with E-state index in [2.05, 4.69) is 58.5 Å². The normalized spacial score (nSPS) is 17.8. The van der Waals surface area contributed by atoms with E-state index in [9.17, 15) is 9.59 Å². The van der Waals surface area contributed by atoms with E-state index in [1.54, 1.807) is 11.8 Å². The summed E-state index contributed by atoms with van der Waals surface area (Å²) >= 11 is 1.75.